The highest BCUT2D eigenvalue weighted by atomic mass is 35.5. The molecule has 3 rings (SSSR count). The van der Waals surface area contributed by atoms with E-state index in [2.05, 4.69) is 4.98 Å². The minimum Gasteiger partial charge on any atom is -0.493 e. The van der Waals surface area contributed by atoms with Crippen LogP contribution in [0.1, 0.15) is 5.69 Å². The highest BCUT2D eigenvalue weighted by molar-refractivity contribution is 7.13. The van der Waals surface area contributed by atoms with E-state index in [1.807, 2.05) is 23.6 Å². The Labute approximate surface area is 153 Å². The molecular formula is C18H15ClFNO3S. The third-order valence-corrected chi connectivity index (χ3v) is 4.69. The molecule has 1 heterocycles. The molecule has 0 radical (unpaired) electrons. The summed E-state index contributed by atoms with van der Waals surface area (Å²) >= 11 is 7.45. The van der Waals surface area contributed by atoms with Crippen LogP contribution in [-0.2, 0) is 6.61 Å². The number of methoxy groups -OCH3 is 2. The van der Waals surface area contributed by atoms with E-state index >= 15 is 0 Å². The van der Waals surface area contributed by atoms with Crippen molar-refractivity contribution >= 4 is 22.9 Å². The molecule has 0 saturated heterocycles. The molecule has 25 heavy (non-hydrogen) atoms. The molecule has 2 aromatic carbocycles. The van der Waals surface area contributed by atoms with Gasteiger partial charge in [0.1, 0.15) is 23.2 Å². The van der Waals surface area contributed by atoms with Gasteiger partial charge in [-0.3, -0.25) is 0 Å². The highest BCUT2D eigenvalue weighted by Crippen LogP contribution is 2.34. The van der Waals surface area contributed by atoms with E-state index < -0.39 is 5.82 Å². The first-order valence-electron chi connectivity index (χ1n) is 7.35. The van der Waals surface area contributed by atoms with Crippen molar-refractivity contribution in [2.75, 3.05) is 14.2 Å². The summed E-state index contributed by atoms with van der Waals surface area (Å²) in [5, 5.41) is 2.98. The molecule has 0 atom stereocenters. The van der Waals surface area contributed by atoms with Gasteiger partial charge < -0.3 is 14.2 Å². The zero-order valence-electron chi connectivity index (χ0n) is 13.6. The monoisotopic (exact) mass is 379 g/mol. The summed E-state index contributed by atoms with van der Waals surface area (Å²) in [7, 11) is 3.19. The fourth-order valence-corrected chi connectivity index (χ4v) is 3.24. The van der Waals surface area contributed by atoms with Crippen LogP contribution < -0.4 is 14.2 Å². The molecule has 0 fully saturated rings. The molecular weight excluding hydrogens is 365 g/mol. The maximum absolute atomic E-state index is 13.0. The van der Waals surface area contributed by atoms with Gasteiger partial charge in [-0.25, -0.2) is 9.37 Å². The van der Waals surface area contributed by atoms with Gasteiger partial charge in [-0.1, -0.05) is 11.6 Å². The van der Waals surface area contributed by atoms with Crippen molar-refractivity contribution in [2.45, 2.75) is 6.61 Å². The summed E-state index contributed by atoms with van der Waals surface area (Å²) in [6.07, 6.45) is 0. The minimum absolute atomic E-state index is 0.232. The van der Waals surface area contributed by atoms with Crippen molar-refractivity contribution in [3.8, 4) is 27.8 Å². The number of rotatable bonds is 6. The summed E-state index contributed by atoms with van der Waals surface area (Å²) < 4.78 is 29.2. The van der Waals surface area contributed by atoms with E-state index in [0.29, 0.717) is 17.2 Å². The first-order valence-corrected chi connectivity index (χ1v) is 8.61. The zero-order chi connectivity index (χ0) is 17.8. The molecule has 0 aliphatic carbocycles. The number of halogens is 2. The van der Waals surface area contributed by atoms with Crippen molar-refractivity contribution in [3.63, 3.8) is 0 Å². The Hall–Kier alpha value is -2.31. The van der Waals surface area contributed by atoms with Crippen LogP contribution in [0.5, 0.6) is 17.2 Å². The highest BCUT2D eigenvalue weighted by Gasteiger charge is 2.11. The van der Waals surface area contributed by atoms with Crippen molar-refractivity contribution < 1.29 is 18.6 Å². The second kappa shape index (κ2) is 7.72. The van der Waals surface area contributed by atoms with Crippen LogP contribution in [0.4, 0.5) is 4.39 Å². The largest absolute Gasteiger partial charge is 0.493 e. The Morgan fingerprint density at radius 3 is 2.52 bits per heavy atom. The van der Waals surface area contributed by atoms with Crippen molar-refractivity contribution in [3.05, 3.63) is 58.3 Å². The van der Waals surface area contributed by atoms with Crippen molar-refractivity contribution in [2.24, 2.45) is 0 Å². The normalized spacial score (nSPS) is 10.6. The number of aromatic nitrogens is 1. The summed E-state index contributed by atoms with van der Waals surface area (Å²) in [6.45, 7) is 0.245. The lowest BCUT2D eigenvalue weighted by Crippen LogP contribution is -1.96. The van der Waals surface area contributed by atoms with Gasteiger partial charge in [-0.15, -0.1) is 11.3 Å². The van der Waals surface area contributed by atoms with Gasteiger partial charge in [0, 0.05) is 10.9 Å². The lowest BCUT2D eigenvalue weighted by Gasteiger charge is -2.08. The molecule has 1 aromatic heterocycles. The van der Waals surface area contributed by atoms with E-state index in [0.717, 1.165) is 16.3 Å². The van der Waals surface area contributed by atoms with Gasteiger partial charge in [0.15, 0.2) is 11.5 Å². The average Bonchev–Trinajstić information content (AvgIpc) is 3.09. The van der Waals surface area contributed by atoms with Crippen molar-refractivity contribution in [1.82, 2.24) is 4.98 Å². The van der Waals surface area contributed by atoms with Crippen LogP contribution in [0.15, 0.2) is 41.8 Å². The van der Waals surface area contributed by atoms with Gasteiger partial charge in [0.25, 0.3) is 0 Å². The Morgan fingerprint density at radius 1 is 1.04 bits per heavy atom. The van der Waals surface area contributed by atoms with Gasteiger partial charge in [-0.2, -0.15) is 0 Å². The molecule has 130 valence electrons. The Bertz CT molecular complexity index is 885. The minimum atomic E-state index is -0.401. The Balaban J connectivity index is 1.74. The van der Waals surface area contributed by atoms with E-state index in [1.165, 1.54) is 29.5 Å². The first-order chi connectivity index (χ1) is 12.1. The Morgan fingerprint density at radius 2 is 1.80 bits per heavy atom. The number of benzene rings is 2. The summed E-state index contributed by atoms with van der Waals surface area (Å²) in [4.78, 5) is 4.55. The fraction of sp³-hybridized carbons (Fsp3) is 0.167. The lowest BCUT2D eigenvalue weighted by atomic mass is 10.2. The van der Waals surface area contributed by atoms with Crippen LogP contribution in [0.25, 0.3) is 10.6 Å². The molecule has 0 amide bonds. The predicted molar refractivity (Wildman–Crippen MR) is 96.4 cm³/mol. The predicted octanol–water partition coefficient (Wildman–Crippen LogP) is 5.20. The number of nitrogens with zero attached hydrogens (tertiary/aromatic N) is 1. The van der Waals surface area contributed by atoms with Crippen LogP contribution in [-0.4, -0.2) is 19.2 Å². The van der Waals surface area contributed by atoms with Gasteiger partial charge in [-0.05, 0) is 36.4 Å². The molecule has 0 aliphatic rings. The summed E-state index contributed by atoms with van der Waals surface area (Å²) in [6, 6.07) is 9.65. The van der Waals surface area contributed by atoms with E-state index in [-0.39, 0.29) is 11.6 Å². The molecule has 0 bridgehead atoms. The molecule has 0 N–H and O–H groups in total. The standard InChI is InChI=1S/C18H15ClFNO3S/c1-22-16-5-3-11(7-17(16)23-2)18-21-13(10-25-18)9-24-15-6-4-12(20)8-14(15)19/h3-8,10H,9H2,1-2H3. The lowest BCUT2D eigenvalue weighted by molar-refractivity contribution is 0.302. The summed E-state index contributed by atoms with van der Waals surface area (Å²) in [5.41, 5.74) is 1.68. The molecule has 0 aliphatic heterocycles. The van der Waals surface area contributed by atoms with Gasteiger partial charge in [0.2, 0.25) is 0 Å². The second-order valence-electron chi connectivity index (χ2n) is 5.08. The number of hydrogen-bond donors (Lipinski definition) is 0. The molecule has 0 spiro atoms. The van der Waals surface area contributed by atoms with Crippen molar-refractivity contribution in [1.29, 1.82) is 0 Å². The topological polar surface area (TPSA) is 40.6 Å². The maximum Gasteiger partial charge on any atom is 0.161 e. The van der Waals surface area contributed by atoms with E-state index in [9.17, 15) is 4.39 Å². The van der Waals surface area contributed by atoms with E-state index in [4.69, 9.17) is 25.8 Å². The first kappa shape index (κ1) is 17.5. The number of ether oxygens (including phenoxy) is 3. The average molecular weight is 380 g/mol. The number of hydrogen-bond acceptors (Lipinski definition) is 5. The molecule has 4 nitrogen and oxygen atoms in total. The SMILES string of the molecule is COc1ccc(-c2nc(COc3ccc(F)cc3Cl)cs2)cc1OC. The smallest absolute Gasteiger partial charge is 0.161 e. The third kappa shape index (κ3) is 4.03. The fourth-order valence-electron chi connectivity index (χ4n) is 2.22. The Kier molecular flexibility index (Phi) is 5.40. The summed E-state index contributed by atoms with van der Waals surface area (Å²) in [5.74, 6) is 1.33. The zero-order valence-corrected chi connectivity index (χ0v) is 15.2. The molecule has 0 unspecified atom stereocenters. The van der Waals surface area contributed by atoms with Crippen LogP contribution in [0, 0.1) is 5.82 Å². The van der Waals surface area contributed by atoms with Crippen LogP contribution in [0.2, 0.25) is 5.02 Å². The molecule has 3 aromatic rings. The second-order valence-corrected chi connectivity index (χ2v) is 6.34. The third-order valence-electron chi connectivity index (χ3n) is 3.45. The van der Waals surface area contributed by atoms with Gasteiger partial charge >= 0.3 is 0 Å². The van der Waals surface area contributed by atoms with Gasteiger partial charge in [0.05, 0.1) is 24.9 Å². The number of thiazole rings is 1. The maximum atomic E-state index is 13.0. The van der Waals surface area contributed by atoms with E-state index in [1.54, 1.807) is 14.2 Å². The van der Waals surface area contributed by atoms with Crippen LogP contribution in [0.3, 0.4) is 0 Å². The molecule has 0 saturated carbocycles. The quantitative estimate of drug-likeness (QED) is 0.590. The molecule has 7 heteroatoms. The van der Waals surface area contributed by atoms with Crippen LogP contribution >= 0.6 is 22.9 Å².